The molecule has 1 aromatic heterocycles. The quantitative estimate of drug-likeness (QED) is 0.569. The van der Waals surface area contributed by atoms with Crippen LogP contribution < -0.4 is 10.7 Å². The number of phenols is 1. The number of aryl methyl sites for hydroxylation is 1. The summed E-state index contributed by atoms with van der Waals surface area (Å²) in [4.78, 5) is 23.1. The normalized spacial score (nSPS) is 10.6. The third-order valence-corrected chi connectivity index (χ3v) is 2.82. The minimum absolute atomic E-state index is 0.103. The highest BCUT2D eigenvalue weighted by molar-refractivity contribution is 5.94. The third kappa shape index (κ3) is 3.95. The molecule has 0 radical (unpaired) electrons. The van der Waals surface area contributed by atoms with Crippen LogP contribution in [0.4, 0.5) is 0 Å². The SMILES string of the molecule is Cc1cccc(/C=N/NC(=O)CNC(=O)c2ccco2)c1O. The number of amides is 2. The number of aromatic hydroxyl groups is 1. The van der Waals surface area contributed by atoms with Crippen LogP contribution in [0.25, 0.3) is 0 Å². The summed E-state index contributed by atoms with van der Waals surface area (Å²) in [7, 11) is 0. The third-order valence-electron chi connectivity index (χ3n) is 2.82. The first-order valence-corrected chi connectivity index (χ1v) is 6.50. The lowest BCUT2D eigenvalue weighted by atomic mass is 10.1. The highest BCUT2D eigenvalue weighted by atomic mass is 16.3. The topological polar surface area (TPSA) is 104 Å². The Balaban J connectivity index is 1.81. The number of hydrogen-bond donors (Lipinski definition) is 3. The predicted molar refractivity (Wildman–Crippen MR) is 79.6 cm³/mol. The van der Waals surface area contributed by atoms with Crippen molar-refractivity contribution < 1.29 is 19.1 Å². The number of para-hydroxylation sites is 1. The van der Waals surface area contributed by atoms with E-state index in [1.54, 1.807) is 31.2 Å². The number of phenolic OH excluding ortho intramolecular Hbond substituents is 1. The summed E-state index contributed by atoms with van der Waals surface area (Å²) in [6, 6.07) is 8.26. The van der Waals surface area contributed by atoms with Gasteiger partial charge in [-0.25, -0.2) is 5.43 Å². The molecule has 114 valence electrons. The van der Waals surface area contributed by atoms with Gasteiger partial charge in [0.05, 0.1) is 19.0 Å². The molecule has 0 bridgehead atoms. The summed E-state index contributed by atoms with van der Waals surface area (Å²) < 4.78 is 4.89. The average molecular weight is 301 g/mol. The highest BCUT2D eigenvalue weighted by Gasteiger charge is 2.09. The van der Waals surface area contributed by atoms with E-state index in [9.17, 15) is 14.7 Å². The van der Waals surface area contributed by atoms with Gasteiger partial charge in [-0.05, 0) is 30.7 Å². The van der Waals surface area contributed by atoms with Gasteiger partial charge in [0.15, 0.2) is 5.76 Å². The molecular formula is C15H15N3O4. The largest absolute Gasteiger partial charge is 0.507 e. The van der Waals surface area contributed by atoms with Crippen LogP contribution in [-0.2, 0) is 4.79 Å². The molecular weight excluding hydrogens is 286 g/mol. The lowest BCUT2D eigenvalue weighted by Gasteiger charge is -2.03. The van der Waals surface area contributed by atoms with E-state index in [4.69, 9.17) is 4.42 Å². The van der Waals surface area contributed by atoms with Crippen molar-refractivity contribution in [2.75, 3.05) is 6.54 Å². The molecule has 2 aromatic rings. The zero-order valence-electron chi connectivity index (χ0n) is 11.9. The monoisotopic (exact) mass is 301 g/mol. The number of furan rings is 1. The summed E-state index contributed by atoms with van der Waals surface area (Å²) in [6.45, 7) is 1.52. The number of rotatable bonds is 5. The maximum atomic E-state index is 11.5. The maximum Gasteiger partial charge on any atom is 0.287 e. The molecule has 1 aromatic carbocycles. The van der Waals surface area contributed by atoms with Crippen molar-refractivity contribution in [3.8, 4) is 5.75 Å². The summed E-state index contributed by atoms with van der Waals surface area (Å²) in [5.74, 6) is -0.753. The van der Waals surface area contributed by atoms with Crippen LogP contribution >= 0.6 is 0 Å². The molecule has 22 heavy (non-hydrogen) atoms. The van der Waals surface area contributed by atoms with Gasteiger partial charge in [0, 0.05) is 5.56 Å². The van der Waals surface area contributed by atoms with E-state index in [0.717, 1.165) is 0 Å². The van der Waals surface area contributed by atoms with E-state index in [1.807, 2.05) is 0 Å². The number of carbonyl (C=O) groups is 2. The van der Waals surface area contributed by atoms with Gasteiger partial charge >= 0.3 is 0 Å². The van der Waals surface area contributed by atoms with Crippen molar-refractivity contribution in [1.82, 2.24) is 10.7 Å². The van der Waals surface area contributed by atoms with E-state index in [2.05, 4.69) is 15.8 Å². The van der Waals surface area contributed by atoms with Crippen molar-refractivity contribution in [2.24, 2.45) is 5.10 Å². The van der Waals surface area contributed by atoms with Crippen LogP contribution in [0, 0.1) is 6.92 Å². The molecule has 2 rings (SSSR count). The van der Waals surface area contributed by atoms with Gasteiger partial charge in [-0.2, -0.15) is 5.10 Å². The molecule has 0 saturated carbocycles. The second-order valence-corrected chi connectivity index (χ2v) is 4.47. The second-order valence-electron chi connectivity index (χ2n) is 4.47. The zero-order valence-corrected chi connectivity index (χ0v) is 11.9. The Hall–Kier alpha value is -3.09. The smallest absolute Gasteiger partial charge is 0.287 e. The number of nitrogens with zero attached hydrogens (tertiary/aromatic N) is 1. The van der Waals surface area contributed by atoms with Crippen molar-refractivity contribution >= 4 is 18.0 Å². The van der Waals surface area contributed by atoms with Crippen LogP contribution in [0.15, 0.2) is 46.1 Å². The fourth-order valence-electron chi connectivity index (χ4n) is 1.65. The van der Waals surface area contributed by atoms with E-state index in [-0.39, 0.29) is 18.1 Å². The van der Waals surface area contributed by atoms with Crippen LogP contribution in [-0.4, -0.2) is 29.7 Å². The van der Waals surface area contributed by atoms with E-state index >= 15 is 0 Å². The van der Waals surface area contributed by atoms with Crippen LogP contribution in [0.2, 0.25) is 0 Å². The molecule has 0 unspecified atom stereocenters. The Bertz CT molecular complexity index is 693. The molecule has 3 N–H and O–H groups in total. The van der Waals surface area contributed by atoms with Gasteiger partial charge in [0.1, 0.15) is 5.75 Å². The van der Waals surface area contributed by atoms with Gasteiger partial charge in [-0.1, -0.05) is 12.1 Å². The maximum absolute atomic E-state index is 11.5. The fraction of sp³-hybridized carbons (Fsp3) is 0.133. The van der Waals surface area contributed by atoms with Gasteiger partial charge in [-0.15, -0.1) is 0 Å². The number of nitrogens with one attached hydrogen (secondary N) is 2. The fourth-order valence-corrected chi connectivity index (χ4v) is 1.65. The first kappa shape index (κ1) is 15.3. The Kier molecular flexibility index (Phi) is 4.92. The van der Waals surface area contributed by atoms with E-state index < -0.39 is 11.8 Å². The standard InChI is InChI=1S/C15H15N3O4/c1-10-4-2-5-11(14(10)20)8-17-18-13(19)9-16-15(21)12-6-3-7-22-12/h2-8,20H,9H2,1H3,(H,16,21)(H,18,19)/b17-8+. The van der Waals surface area contributed by atoms with Crippen molar-refractivity contribution in [2.45, 2.75) is 6.92 Å². The molecule has 7 heteroatoms. The number of hydrazone groups is 1. The molecule has 0 aliphatic rings. The first-order valence-electron chi connectivity index (χ1n) is 6.50. The van der Waals surface area contributed by atoms with Crippen molar-refractivity contribution in [3.05, 3.63) is 53.5 Å². The Morgan fingerprint density at radius 1 is 1.32 bits per heavy atom. The lowest BCUT2D eigenvalue weighted by molar-refractivity contribution is -0.120. The Morgan fingerprint density at radius 2 is 2.14 bits per heavy atom. The summed E-state index contributed by atoms with van der Waals surface area (Å²) in [5, 5.41) is 15.9. The number of hydrogen-bond acceptors (Lipinski definition) is 5. The Labute approximate surface area is 126 Å². The zero-order chi connectivity index (χ0) is 15.9. The number of benzene rings is 1. The molecule has 0 atom stereocenters. The molecule has 0 saturated heterocycles. The molecule has 2 amide bonds. The molecule has 0 spiro atoms. The lowest BCUT2D eigenvalue weighted by Crippen LogP contribution is -2.34. The molecule has 7 nitrogen and oxygen atoms in total. The minimum Gasteiger partial charge on any atom is -0.507 e. The summed E-state index contributed by atoms with van der Waals surface area (Å²) in [5.41, 5.74) is 3.45. The number of carbonyl (C=O) groups excluding carboxylic acids is 2. The molecule has 0 aliphatic heterocycles. The summed E-state index contributed by atoms with van der Waals surface area (Å²) >= 11 is 0. The van der Waals surface area contributed by atoms with Crippen molar-refractivity contribution in [1.29, 1.82) is 0 Å². The first-order chi connectivity index (χ1) is 10.6. The predicted octanol–water partition coefficient (Wildman–Crippen LogP) is 1.17. The molecule has 1 heterocycles. The second kappa shape index (κ2) is 7.07. The Morgan fingerprint density at radius 3 is 2.86 bits per heavy atom. The highest BCUT2D eigenvalue weighted by Crippen LogP contribution is 2.19. The average Bonchev–Trinajstić information content (AvgIpc) is 3.03. The van der Waals surface area contributed by atoms with Crippen LogP contribution in [0.5, 0.6) is 5.75 Å². The van der Waals surface area contributed by atoms with Gasteiger partial charge in [-0.3, -0.25) is 9.59 Å². The van der Waals surface area contributed by atoms with Gasteiger partial charge in [0.25, 0.3) is 11.8 Å². The van der Waals surface area contributed by atoms with E-state index in [0.29, 0.717) is 11.1 Å². The van der Waals surface area contributed by atoms with Crippen LogP contribution in [0.1, 0.15) is 21.7 Å². The van der Waals surface area contributed by atoms with Gasteiger partial charge in [0.2, 0.25) is 0 Å². The van der Waals surface area contributed by atoms with Crippen molar-refractivity contribution in [3.63, 3.8) is 0 Å². The van der Waals surface area contributed by atoms with E-state index in [1.165, 1.54) is 18.5 Å². The van der Waals surface area contributed by atoms with Gasteiger partial charge < -0.3 is 14.8 Å². The van der Waals surface area contributed by atoms with Crippen LogP contribution in [0.3, 0.4) is 0 Å². The molecule has 0 fully saturated rings. The molecule has 0 aliphatic carbocycles. The minimum atomic E-state index is -0.497. The summed E-state index contributed by atoms with van der Waals surface area (Å²) in [6.07, 6.45) is 2.70.